The highest BCUT2D eigenvalue weighted by Gasteiger charge is 2.33. The number of nitrogens with zero attached hydrogens (tertiary/aromatic N) is 4. The molecule has 0 spiro atoms. The quantitative estimate of drug-likeness (QED) is 0.658. The van der Waals surface area contributed by atoms with Crippen molar-refractivity contribution < 1.29 is 18.1 Å². The van der Waals surface area contributed by atoms with Crippen LogP contribution in [-0.4, -0.2) is 34.0 Å². The molecule has 138 valence electrons. The fourth-order valence-electron chi connectivity index (χ4n) is 2.93. The van der Waals surface area contributed by atoms with E-state index in [-0.39, 0.29) is 11.7 Å². The molecule has 1 atom stereocenters. The van der Waals surface area contributed by atoms with Gasteiger partial charge in [-0.3, -0.25) is 10.1 Å². The van der Waals surface area contributed by atoms with Gasteiger partial charge in [-0.2, -0.15) is 13.2 Å². The highest BCUT2D eigenvalue weighted by Crippen LogP contribution is 2.35. The number of piperidine rings is 1. The first-order valence-electron chi connectivity index (χ1n) is 7.99. The first-order chi connectivity index (χ1) is 12.3. The summed E-state index contributed by atoms with van der Waals surface area (Å²) in [7, 11) is 0. The van der Waals surface area contributed by atoms with E-state index in [0.717, 1.165) is 31.5 Å². The highest BCUT2D eigenvalue weighted by molar-refractivity contribution is 5.63. The van der Waals surface area contributed by atoms with E-state index in [1.54, 1.807) is 18.5 Å². The number of nitrogens with one attached hydrogen (secondary N) is 1. The minimum Gasteiger partial charge on any atom is -0.375 e. The molecular formula is C16H16F3N5O2. The maximum absolute atomic E-state index is 12.8. The molecule has 3 rings (SSSR count). The number of alkyl halides is 3. The monoisotopic (exact) mass is 367 g/mol. The van der Waals surface area contributed by atoms with Crippen molar-refractivity contribution in [2.45, 2.75) is 25.1 Å². The van der Waals surface area contributed by atoms with Crippen LogP contribution in [0.3, 0.4) is 0 Å². The van der Waals surface area contributed by atoms with Crippen LogP contribution in [0.5, 0.6) is 0 Å². The summed E-state index contributed by atoms with van der Waals surface area (Å²) in [6.07, 6.45) is 0.168. The molecule has 2 aromatic rings. The molecule has 2 heterocycles. The average molecular weight is 367 g/mol. The van der Waals surface area contributed by atoms with Crippen LogP contribution in [0.2, 0.25) is 0 Å². The molecule has 1 aromatic heterocycles. The van der Waals surface area contributed by atoms with Gasteiger partial charge in [-0.15, -0.1) is 0 Å². The van der Waals surface area contributed by atoms with Crippen LogP contribution in [-0.2, 0) is 6.18 Å². The largest absolute Gasteiger partial charge is 0.416 e. The van der Waals surface area contributed by atoms with Crippen molar-refractivity contribution in [2.75, 3.05) is 23.3 Å². The van der Waals surface area contributed by atoms with Gasteiger partial charge in [0.15, 0.2) is 0 Å². The summed E-state index contributed by atoms with van der Waals surface area (Å²) >= 11 is 0. The summed E-state index contributed by atoms with van der Waals surface area (Å²) in [5.41, 5.74) is -1.56. The van der Waals surface area contributed by atoms with Crippen molar-refractivity contribution in [3.05, 3.63) is 52.3 Å². The highest BCUT2D eigenvalue weighted by atomic mass is 19.4. The number of aromatic nitrogens is 2. The van der Waals surface area contributed by atoms with Gasteiger partial charge in [0.1, 0.15) is 5.69 Å². The second kappa shape index (κ2) is 7.14. The normalized spacial score (nSPS) is 17.8. The van der Waals surface area contributed by atoms with Crippen LogP contribution in [0.15, 0.2) is 36.7 Å². The average Bonchev–Trinajstić information content (AvgIpc) is 2.62. The Morgan fingerprint density at radius 2 is 2.00 bits per heavy atom. The maximum atomic E-state index is 12.8. The Balaban J connectivity index is 1.78. The molecule has 0 saturated carbocycles. The van der Waals surface area contributed by atoms with Gasteiger partial charge in [0.2, 0.25) is 5.95 Å². The van der Waals surface area contributed by atoms with Gasteiger partial charge in [-0.05, 0) is 31.0 Å². The molecule has 1 N–H and O–H groups in total. The smallest absolute Gasteiger partial charge is 0.375 e. The zero-order chi connectivity index (χ0) is 18.7. The first-order valence-corrected chi connectivity index (χ1v) is 7.99. The van der Waals surface area contributed by atoms with Crippen molar-refractivity contribution in [3.63, 3.8) is 0 Å². The van der Waals surface area contributed by atoms with Gasteiger partial charge in [0, 0.05) is 37.6 Å². The van der Waals surface area contributed by atoms with Crippen molar-refractivity contribution in [3.8, 4) is 0 Å². The molecule has 1 aliphatic heterocycles. The second-order valence-electron chi connectivity index (χ2n) is 5.97. The van der Waals surface area contributed by atoms with Crippen LogP contribution >= 0.6 is 0 Å². The number of nitro groups is 1. The maximum Gasteiger partial charge on any atom is 0.416 e. The number of benzene rings is 1. The van der Waals surface area contributed by atoms with E-state index in [0.29, 0.717) is 18.6 Å². The molecule has 26 heavy (non-hydrogen) atoms. The van der Waals surface area contributed by atoms with E-state index >= 15 is 0 Å². The Morgan fingerprint density at radius 3 is 2.65 bits per heavy atom. The van der Waals surface area contributed by atoms with Crippen LogP contribution in [0.25, 0.3) is 0 Å². The molecule has 1 aromatic carbocycles. The summed E-state index contributed by atoms with van der Waals surface area (Å²) < 4.78 is 38.4. The molecule has 0 bridgehead atoms. The summed E-state index contributed by atoms with van der Waals surface area (Å²) in [5.74, 6) is 0.556. The number of hydrogen-bond acceptors (Lipinski definition) is 6. The third-order valence-corrected chi connectivity index (χ3v) is 4.14. The van der Waals surface area contributed by atoms with E-state index in [1.165, 1.54) is 0 Å². The standard InChI is InChI=1S/C16H16F3N5O2/c17-16(18,19)11-4-5-13(14(9-11)24(25)26)22-12-3-1-8-23(10-12)15-20-6-2-7-21-15/h2,4-7,9,12,22H,1,3,8,10H2/t12-/m0/s1. The lowest BCUT2D eigenvalue weighted by molar-refractivity contribution is -0.384. The van der Waals surface area contributed by atoms with Crippen molar-refractivity contribution in [1.29, 1.82) is 0 Å². The zero-order valence-electron chi connectivity index (χ0n) is 13.6. The molecule has 0 amide bonds. The fourth-order valence-corrected chi connectivity index (χ4v) is 2.93. The zero-order valence-corrected chi connectivity index (χ0v) is 13.6. The Morgan fingerprint density at radius 1 is 1.27 bits per heavy atom. The molecule has 1 aliphatic rings. The minimum atomic E-state index is -4.63. The summed E-state index contributed by atoms with van der Waals surface area (Å²) in [6.45, 7) is 1.25. The molecule has 7 nitrogen and oxygen atoms in total. The van der Waals surface area contributed by atoms with Gasteiger partial charge in [0.05, 0.1) is 10.5 Å². The Bertz CT molecular complexity index is 785. The first kappa shape index (κ1) is 17.9. The van der Waals surface area contributed by atoms with E-state index in [2.05, 4.69) is 15.3 Å². The van der Waals surface area contributed by atoms with E-state index in [4.69, 9.17) is 0 Å². The number of anilines is 2. The fraction of sp³-hybridized carbons (Fsp3) is 0.375. The lowest BCUT2D eigenvalue weighted by atomic mass is 10.0. The van der Waals surface area contributed by atoms with Gasteiger partial charge in [-0.25, -0.2) is 9.97 Å². The summed E-state index contributed by atoms with van der Waals surface area (Å²) in [4.78, 5) is 20.7. The van der Waals surface area contributed by atoms with Gasteiger partial charge < -0.3 is 10.2 Å². The molecule has 1 saturated heterocycles. The summed E-state index contributed by atoms with van der Waals surface area (Å²) in [6, 6.07) is 4.05. The Labute approximate surface area is 147 Å². The predicted octanol–water partition coefficient (Wildman–Crippen LogP) is 3.48. The van der Waals surface area contributed by atoms with Crippen LogP contribution in [0.4, 0.5) is 30.5 Å². The molecule has 0 radical (unpaired) electrons. The molecule has 1 fully saturated rings. The molecule has 0 unspecified atom stereocenters. The number of halogens is 3. The molecule has 0 aliphatic carbocycles. The van der Waals surface area contributed by atoms with Crippen LogP contribution in [0, 0.1) is 10.1 Å². The number of nitro benzene ring substituents is 1. The Hall–Kier alpha value is -2.91. The topological polar surface area (TPSA) is 84.2 Å². The summed E-state index contributed by atoms with van der Waals surface area (Å²) in [5, 5.41) is 14.2. The van der Waals surface area contributed by atoms with Crippen LogP contribution in [0.1, 0.15) is 18.4 Å². The molecular weight excluding hydrogens is 351 g/mol. The third-order valence-electron chi connectivity index (χ3n) is 4.14. The second-order valence-corrected chi connectivity index (χ2v) is 5.97. The molecule has 10 heteroatoms. The lowest BCUT2D eigenvalue weighted by Gasteiger charge is -2.33. The SMILES string of the molecule is O=[N+]([O-])c1cc(C(F)(F)F)ccc1N[C@H]1CCCN(c2ncccn2)C1. The number of rotatable bonds is 4. The van der Waals surface area contributed by atoms with E-state index in [1.807, 2.05) is 4.90 Å². The van der Waals surface area contributed by atoms with Crippen molar-refractivity contribution in [1.82, 2.24) is 9.97 Å². The van der Waals surface area contributed by atoms with E-state index in [9.17, 15) is 23.3 Å². The third kappa shape index (κ3) is 4.01. The predicted molar refractivity (Wildman–Crippen MR) is 89.0 cm³/mol. The van der Waals surface area contributed by atoms with Gasteiger partial charge in [-0.1, -0.05) is 0 Å². The van der Waals surface area contributed by atoms with Crippen molar-refractivity contribution in [2.24, 2.45) is 0 Å². The lowest BCUT2D eigenvalue weighted by Crippen LogP contribution is -2.43. The van der Waals surface area contributed by atoms with Crippen molar-refractivity contribution >= 4 is 17.3 Å². The van der Waals surface area contributed by atoms with Crippen LogP contribution < -0.4 is 10.2 Å². The number of hydrogen-bond donors (Lipinski definition) is 1. The Kier molecular flexibility index (Phi) is 4.92. The van der Waals surface area contributed by atoms with E-state index < -0.39 is 22.4 Å². The van der Waals surface area contributed by atoms with Gasteiger partial charge in [0.25, 0.3) is 5.69 Å². The minimum absolute atomic E-state index is 0.0730. The van der Waals surface area contributed by atoms with Gasteiger partial charge >= 0.3 is 6.18 Å².